The minimum atomic E-state index is -0.328. The van der Waals surface area contributed by atoms with Gasteiger partial charge in [0, 0.05) is 5.56 Å². The number of rotatable bonds is 12. The summed E-state index contributed by atoms with van der Waals surface area (Å²) in [6.07, 6.45) is 0.304. The molecule has 8 heteroatoms. The fourth-order valence-electron chi connectivity index (χ4n) is 4.03. The Morgan fingerprint density at radius 2 is 1.59 bits per heavy atom. The SMILES string of the molecule is CCOC(=O)CC1(c2ccc(OCc3ccc(OCC(=NOC)c4ccc(F)cc4)cc3)cc2)COC1. The summed E-state index contributed by atoms with van der Waals surface area (Å²) in [5, 5.41) is 3.99. The van der Waals surface area contributed by atoms with Gasteiger partial charge in [0.15, 0.2) is 0 Å². The zero-order valence-corrected chi connectivity index (χ0v) is 20.9. The van der Waals surface area contributed by atoms with Gasteiger partial charge >= 0.3 is 5.97 Å². The van der Waals surface area contributed by atoms with Crippen molar-refractivity contribution in [3.05, 3.63) is 95.3 Å². The monoisotopic (exact) mass is 507 g/mol. The van der Waals surface area contributed by atoms with Crippen LogP contribution in [0.2, 0.25) is 0 Å². The van der Waals surface area contributed by atoms with Gasteiger partial charge in [0.2, 0.25) is 0 Å². The van der Waals surface area contributed by atoms with Crippen molar-refractivity contribution < 1.29 is 33.0 Å². The summed E-state index contributed by atoms with van der Waals surface area (Å²) >= 11 is 0. The summed E-state index contributed by atoms with van der Waals surface area (Å²) in [6.45, 7) is 3.74. The van der Waals surface area contributed by atoms with Gasteiger partial charge in [-0.25, -0.2) is 4.39 Å². The molecule has 194 valence electrons. The Morgan fingerprint density at radius 3 is 2.19 bits per heavy atom. The number of oxime groups is 1. The van der Waals surface area contributed by atoms with Crippen LogP contribution in [-0.4, -0.2) is 45.2 Å². The van der Waals surface area contributed by atoms with E-state index in [9.17, 15) is 9.18 Å². The van der Waals surface area contributed by atoms with Crippen LogP contribution < -0.4 is 9.47 Å². The third-order valence-electron chi connectivity index (χ3n) is 6.09. The average Bonchev–Trinajstić information content (AvgIpc) is 2.89. The maximum Gasteiger partial charge on any atom is 0.306 e. The zero-order valence-electron chi connectivity index (χ0n) is 20.9. The Kier molecular flexibility index (Phi) is 8.74. The molecule has 3 aromatic carbocycles. The minimum Gasteiger partial charge on any atom is -0.489 e. The predicted molar refractivity (Wildman–Crippen MR) is 136 cm³/mol. The molecule has 0 atom stereocenters. The smallest absolute Gasteiger partial charge is 0.306 e. The molecule has 0 radical (unpaired) electrons. The molecule has 1 fully saturated rings. The standard InChI is InChI=1S/C29H30FNO6/c1-3-35-28(32)16-29(19-34-20-29)23-8-14-26(15-9-23)36-17-21-4-12-25(13-5-21)37-18-27(31-33-2)22-6-10-24(30)11-7-22/h4-15H,3,16-20H2,1-2H3. The first-order chi connectivity index (χ1) is 18.0. The van der Waals surface area contributed by atoms with Gasteiger partial charge in [-0.3, -0.25) is 4.79 Å². The van der Waals surface area contributed by atoms with E-state index < -0.39 is 0 Å². The number of carbonyl (C=O) groups is 1. The number of carbonyl (C=O) groups excluding carboxylic acids is 1. The topological polar surface area (TPSA) is 75.6 Å². The molecule has 0 saturated carbocycles. The molecule has 1 aliphatic rings. The lowest BCUT2D eigenvalue weighted by atomic mass is 9.76. The van der Waals surface area contributed by atoms with E-state index in [0.29, 0.717) is 44.3 Å². The summed E-state index contributed by atoms with van der Waals surface area (Å²) in [5.74, 6) is 0.862. The third-order valence-corrected chi connectivity index (χ3v) is 6.09. The van der Waals surface area contributed by atoms with E-state index in [-0.39, 0.29) is 23.8 Å². The van der Waals surface area contributed by atoms with Crippen molar-refractivity contribution in [2.75, 3.05) is 33.5 Å². The summed E-state index contributed by atoms with van der Waals surface area (Å²) in [5.41, 5.74) is 2.96. The quantitative estimate of drug-likeness (QED) is 0.194. The van der Waals surface area contributed by atoms with E-state index in [0.717, 1.165) is 22.4 Å². The summed E-state index contributed by atoms with van der Waals surface area (Å²) < 4.78 is 35.5. The second-order valence-corrected chi connectivity index (χ2v) is 8.73. The van der Waals surface area contributed by atoms with Crippen LogP contribution in [0.5, 0.6) is 11.5 Å². The molecule has 1 saturated heterocycles. The van der Waals surface area contributed by atoms with Crippen LogP contribution in [0.15, 0.2) is 78.0 Å². The van der Waals surface area contributed by atoms with E-state index in [1.165, 1.54) is 19.2 Å². The van der Waals surface area contributed by atoms with Gasteiger partial charge in [-0.15, -0.1) is 0 Å². The van der Waals surface area contributed by atoms with Crippen molar-refractivity contribution in [3.63, 3.8) is 0 Å². The molecule has 37 heavy (non-hydrogen) atoms. The molecule has 0 amide bonds. The molecule has 3 aromatic rings. The van der Waals surface area contributed by atoms with E-state index in [1.54, 1.807) is 19.1 Å². The summed E-state index contributed by atoms with van der Waals surface area (Å²) in [7, 11) is 1.45. The fraction of sp³-hybridized carbons (Fsp3) is 0.310. The van der Waals surface area contributed by atoms with E-state index in [1.807, 2.05) is 48.5 Å². The van der Waals surface area contributed by atoms with Crippen LogP contribution in [0, 0.1) is 5.82 Å². The van der Waals surface area contributed by atoms with Gasteiger partial charge in [-0.1, -0.05) is 29.4 Å². The van der Waals surface area contributed by atoms with Crippen molar-refractivity contribution >= 4 is 11.7 Å². The molecule has 0 bridgehead atoms. The van der Waals surface area contributed by atoms with E-state index >= 15 is 0 Å². The highest BCUT2D eigenvalue weighted by molar-refractivity contribution is 6.01. The largest absolute Gasteiger partial charge is 0.489 e. The lowest BCUT2D eigenvalue weighted by molar-refractivity contribution is -0.151. The Labute approximate surface area is 215 Å². The first kappa shape index (κ1) is 26.2. The van der Waals surface area contributed by atoms with Gasteiger partial charge < -0.3 is 23.8 Å². The minimum absolute atomic E-state index is 0.171. The van der Waals surface area contributed by atoms with Crippen molar-refractivity contribution in [1.82, 2.24) is 0 Å². The first-order valence-electron chi connectivity index (χ1n) is 12.1. The maximum absolute atomic E-state index is 13.2. The number of ether oxygens (including phenoxy) is 4. The lowest BCUT2D eigenvalue weighted by Gasteiger charge is -2.41. The average molecular weight is 508 g/mol. The van der Waals surface area contributed by atoms with Crippen LogP contribution >= 0.6 is 0 Å². The highest BCUT2D eigenvalue weighted by Crippen LogP contribution is 2.37. The number of esters is 1. The van der Waals surface area contributed by atoms with Gasteiger partial charge in [0.1, 0.15) is 43.4 Å². The van der Waals surface area contributed by atoms with Crippen molar-refractivity contribution in [1.29, 1.82) is 0 Å². The number of benzene rings is 3. The van der Waals surface area contributed by atoms with E-state index in [4.69, 9.17) is 23.8 Å². The molecule has 7 nitrogen and oxygen atoms in total. The lowest BCUT2D eigenvalue weighted by Crippen LogP contribution is -2.48. The normalized spacial score (nSPS) is 14.4. The van der Waals surface area contributed by atoms with Crippen molar-refractivity contribution in [2.24, 2.45) is 5.16 Å². The second-order valence-electron chi connectivity index (χ2n) is 8.73. The first-order valence-corrected chi connectivity index (χ1v) is 12.1. The van der Waals surface area contributed by atoms with Gasteiger partial charge in [0.05, 0.1) is 31.7 Å². The predicted octanol–water partition coefficient (Wildman–Crippen LogP) is 5.06. The zero-order chi connectivity index (χ0) is 26.1. The molecule has 0 aliphatic carbocycles. The number of nitrogens with zero attached hydrogens (tertiary/aromatic N) is 1. The molecular weight excluding hydrogens is 477 g/mol. The second kappa shape index (κ2) is 12.4. The van der Waals surface area contributed by atoms with Gasteiger partial charge in [-0.05, 0) is 66.6 Å². The molecular formula is C29H30FNO6. The molecule has 1 aliphatic heterocycles. The van der Waals surface area contributed by atoms with Crippen molar-refractivity contribution in [2.45, 2.75) is 25.4 Å². The van der Waals surface area contributed by atoms with Gasteiger partial charge in [0.25, 0.3) is 0 Å². The number of halogens is 1. The van der Waals surface area contributed by atoms with Crippen LogP contribution in [-0.2, 0) is 31.1 Å². The van der Waals surface area contributed by atoms with Crippen LogP contribution in [0.3, 0.4) is 0 Å². The molecule has 4 rings (SSSR count). The molecule has 0 unspecified atom stereocenters. The summed E-state index contributed by atoms with van der Waals surface area (Å²) in [4.78, 5) is 16.9. The van der Waals surface area contributed by atoms with Crippen LogP contribution in [0.4, 0.5) is 4.39 Å². The highest BCUT2D eigenvalue weighted by atomic mass is 19.1. The molecule has 0 spiro atoms. The van der Waals surface area contributed by atoms with Crippen LogP contribution in [0.1, 0.15) is 30.0 Å². The van der Waals surface area contributed by atoms with E-state index in [2.05, 4.69) is 5.16 Å². The Bertz CT molecular complexity index is 1190. The third kappa shape index (κ3) is 6.86. The van der Waals surface area contributed by atoms with Crippen molar-refractivity contribution in [3.8, 4) is 11.5 Å². The fourth-order valence-corrected chi connectivity index (χ4v) is 4.03. The van der Waals surface area contributed by atoms with Gasteiger partial charge in [-0.2, -0.15) is 0 Å². The molecule has 0 aromatic heterocycles. The van der Waals surface area contributed by atoms with Crippen LogP contribution in [0.25, 0.3) is 0 Å². The summed E-state index contributed by atoms with van der Waals surface area (Å²) in [6, 6.07) is 21.3. The Hall–Kier alpha value is -3.91. The number of hydrogen-bond donors (Lipinski definition) is 0. The highest BCUT2D eigenvalue weighted by Gasteiger charge is 2.42. The number of hydrogen-bond acceptors (Lipinski definition) is 7. The molecule has 1 heterocycles. The maximum atomic E-state index is 13.2. The molecule has 0 N–H and O–H groups in total. The Balaban J connectivity index is 1.29. The Morgan fingerprint density at radius 1 is 0.946 bits per heavy atom.